The van der Waals surface area contributed by atoms with Crippen LogP contribution in [0.2, 0.25) is 0 Å². The van der Waals surface area contributed by atoms with Gasteiger partial charge in [-0.2, -0.15) is 5.10 Å². The zero-order valence-corrected chi connectivity index (χ0v) is 17.7. The summed E-state index contributed by atoms with van der Waals surface area (Å²) in [6.07, 6.45) is 2.29. The number of hydrogen-bond donors (Lipinski definition) is 1. The first-order valence-corrected chi connectivity index (χ1v) is 10.3. The predicted molar refractivity (Wildman–Crippen MR) is 117 cm³/mol. The van der Waals surface area contributed by atoms with Crippen LogP contribution in [-0.2, 0) is 0 Å². The van der Waals surface area contributed by atoms with Crippen molar-refractivity contribution < 1.29 is 9.53 Å². The molecule has 0 bridgehead atoms. The lowest BCUT2D eigenvalue weighted by atomic mass is 10.1. The molecule has 1 saturated carbocycles. The summed E-state index contributed by atoms with van der Waals surface area (Å²) in [4.78, 5) is 15.2. The van der Waals surface area contributed by atoms with Crippen molar-refractivity contribution in [2.45, 2.75) is 24.8 Å². The summed E-state index contributed by atoms with van der Waals surface area (Å²) in [5.74, 6) is 1.19. The lowest BCUT2D eigenvalue weighted by Gasteiger charge is -2.25. The van der Waals surface area contributed by atoms with Gasteiger partial charge in [0.2, 0.25) is 0 Å². The topological polar surface area (TPSA) is 59.4 Å². The Bertz CT molecular complexity index is 992. The monoisotopic (exact) mass is 404 g/mol. The number of methoxy groups -OCH3 is 1. The number of amides is 1. The van der Waals surface area contributed by atoms with E-state index in [1.807, 2.05) is 74.8 Å². The number of carbonyl (C=O) groups is 1. The molecule has 1 atom stereocenters. The van der Waals surface area contributed by atoms with E-state index in [0.29, 0.717) is 18.2 Å². The first-order chi connectivity index (χ1) is 14.6. The average molecular weight is 405 g/mol. The number of carbonyl (C=O) groups excluding carboxylic acids is 1. The molecule has 1 aliphatic rings. The SMILES string of the molecule is COc1ccc([C@@H](CNC(=O)c2cc(C3CC3)nn2-c2ccccc2)N(C)C)cc1. The van der Waals surface area contributed by atoms with Crippen LogP contribution in [0.1, 0.15) is 46.5 Å². The van der Waals surface area contributed by atoms with Crippen LogP contribution >= 0.6 is 0 Å². The van der Waals surface area contributed by atoms with Crippen LogP contribution in [0, 0.1) is 0 Å². The van der Waals surface area contributed by atoms with E-state index in [-0.39, 0.29) is 11.9 Å². The second-order valence-electron chi connectivity index (χ2n) is 7.94. The second-order valence-corrected chi connectivity index (χ2v) is 7.94. The molecule has 0 unspecified atom stereocenters. The summed E-state index contributed by atoms with van der Waals surface area (Å²) in [7, 11) is 5.69. The van der Waals surface area contributed by atoms with Crippen LogP contribution in [0.25, 0.3) is 5.69 Å². The molecule has 0 aliphatic heterocycles. The molecule has 6 heteroatoms. The smallest absolute Gasteiger partial charge is 0.270 e. The van der Waals surface area contributed by atoms with Crippen molar-refractivity contribution >= 4 is 5.91 Å². The van der Waals surface area contributed by atoms with E-state index < -0.39 is 0 Å². The first-order valence-electron chi connectivity index (χ1n) is 10.3. The van der Waals surface area contributed by atoms with Gasteiger partial charge in [-0.15, -0.1) is 0 Å². The molecule has 0 spiro atoms. The van der Waals surface area contributed by atoms with Gasteiger partial charge in [0.25, 0.3) is 5.91 Å². The lowest BCUT2D eigenvalue weighted by Crippen LogP contribution is -2.35. The Morgan fingerprint density at radius 2 is 1.87 bits per heavy atom. The number of nitrogens with zero attached hydrogens (tertiary/aromatic N) is 3. The number of rotatable bonds is 8. The summed E-state index contributed by atoms with van der Waals surface area (Å²) in [6, 6.07) is 19.8. The summed E-state index contributed by atoms with van der Waals surface area (Å²) in [5.41, 5.74) is 3.60. The van der Waals surface area contributed by atoms with Crippen molar-refractivity contribution in [1.29, 1.82) is 0 Å². The highest BCUT2D eigenvalue weighted by atomic mass is 16.5. The summed E-state index contributed by atoms with van der Waals surface area (Å²) < 4.78 is 7.02. The molecule has 1 amide bonds. The molecule has 156 valence electrons. The highest BCUT2D eigenvalue weighted by Crippen LogP contribution is 2.39. The van der Waals surface area contributed by atoms with Crippen molar-refractivity contribution in [2.24, 2.45) is 0 Å². The number of ether oxygens (including phenoxy) is 1. The van der Waals surface area contributed by atoms with E-state index in [0.717, 1.165) is 35.5 Å². The zero-order chi connectivity index (χ0) is 21.1. The maximum absolute atomic E-state index is 13.1. The fourth-order valence-electron chi connectivity index (χ4n) is 3.61. The summed E-state index contributed by atoms with van der Waals surface area (Å²) in [6.45, 7) is 0.497. The quantitative estimate of drug-likeness (QED) is 0.621. The van der Waals surface area contributed by atoms with E-state index in [1.165, 1.54) is 0 Å². The third kappa shape index (κ3) is 4.39. The minimum Gasteiger partial charge on any atom is -0.497 e. The number of hydrogen-bond acceptors (Lipinski definition) is 4. The Labute approximate surface area is 177 Å². The molecule has 0 radical (unpaired) electrons. The van der Waals surface area contributed by atoms with Crippen molar-refractivity contribution in [1.82, 2.24) is 20.0 Å². The van der Waals surface area contributed by atoms with E-state index in [2.05, 4.69) is 10.2 Å². The third-order valence-corrected chi connectivity index (χ3v) is 5.54. The number of nitrogens with one attached hydrogen (secondary N) is 1. The van der Waals surface area contributed by atoms with Gasteiger partial charge in [0.15, 0.2) is 0 Å². The van der Waals surface area contributed by atoms with Gasteiger partial charge in [-0.05, 0) is 62.8 Å². The van der Waals surface area contributed by atoms with Crippen LogP contribution in [0.15, 0.2) is 60.7 Å². The van der Waals surface area contributed by atoms with Crippen LogP contribution in [0.4, 0.5) is 0 Å². The van der Waals surface area contributed by atoms with E-state index in [4.69, 9.17) is 9.84 Å². The molecule has 1 aromatic heterocycles. The fourth-order valence-corrected chi connectivity index (χ4v) is 3.61. The summed E-state index contributed by atoms with van der Waals surface area (Å²) >= 11 is 0. The molecule has 0 saturated heterocycles. The molecule has 1 aliphatic carbocycles. The van der Waals surface area contributed by atoms with Crippen LogP contribution in [-0.4, -0.2) is 48.3 Å². The van der Waals surface area contributed by atoms with Crippen molar-refractivity contribution in [3.63, 3.8) is 0 Å². The standard InChI is InChI=1S/C24H28N4O2/c1-27(2)23(18-11-13-20(30-3)14-12-18)16-25-24(29)22-15-21(17-9-10-17)26-28(22)19-7-5-4-6-8-19/h4-8,11-15,17,23H,9-10,16H2,1-3H3,(H,25,29)/t23-/m1/s1. The Balaban J connectivity index is 1.54. The molecular formula is C24H28N4O2. The van der Waals surface area contributed by atoms with E-state index in [9.17, 15) is 4.79 Å². The molecule has 1 N–H and O–H groups in total. The molecular weight excluding hydrogens is 376 g/mol. The van der Waals surface area contributed by atoms with Crippen molar-refractivity contribution in [3.8, 4) is 11.4 Å². The van der Waals surface area contributed by atoms with Gasteiger partial charge < -0.3 is 15.0 Å². The van der Waals surface area contributed by atoms with Gasteiger partial charge in [-0.25, -0.2) is 4.68 Å². The Morgan fingerprint density at radius 1 is 1.17 bits per heavy atom. The van der Waals surface area contributed by atoms with Gasteiger partial charge in [0.1, 0.15) is 11.4 Å². The molecule has 4 rings (SSSR count). The lowest BCUT2D eigenvalue weighted by molar-refractivity contribution is 0.0934. The van der Waals surface area contributed by atoms with Crippen molar-refractivity contribution in [2.75, 3.05) is 27.7 Å². The second kappa shape index (κ2) is 8.71. The number of likely N-dealkylation sites (N-methyl/N-ethyl adjacent to an activating group) is 1. The average Bonchev–Trinajstić information content (AvgIpc) is 3.52. The van der Waals surface area contributed by atoms with Crippen molar-refractivity contribution in [3.05, 3.63) is 77.6 Å². The van der Waals surface area contributed by atoms with E-state index >= 15 is 0 Å². The van der Waals surface area contributed by atoms with Gasteiger partial charge >= 0.3 is 0 Å². The van der Waals surface area contributed by atoms with Crippen LogP contribution in [0.3, 0.4) is 0 Å². The van der Waals surface area contributed by atoms with Gasteiger partial charge in [0, 0.05) is 12.5 Å². The molecule has 1 heterocycles. The fraction of sp³-hybridized carbons (Fsp3) is 0.333. The van der Waals surface area contributed by atoms with E-state index in [1.54, 1.807) is 11.8 Å². The summed E-state index contributed by atoms with van der Waals surface area (Å²) in [5, 5.41) is 7.85. The predicted octanol–water partition coefficient (Wildman–Crippen LogP) is 3.79. The largest absolute Gasteiger partial charge is 0.497 e. The Kier molecular flexibility index (Phi) is 5.86. The maximum atomic E-state index is 13.1. The number of benzene rings is 2. The molecule has 6 nitrogen and oxygen atoms in total. The first kappa shape index (κ1) is 20.2. The zero-order valence-electron chi connectivity index (χ0n) is 17.7. The number of para-hydroxylation sites is 1. The molecule has 30 heavy (non-hydrogen) atoms. The van der Waals surface area contributed by atoms with Gasteiger partial charge in [-0.3, -0.25) is 4.79 Å². The highest BCUT2D eigenvalue weighted by molar-refractivity contribution is 5.93. The minimum absolute atomic E-state index is 0.0517. The van der Waals surface area contributed by atoms with Crippen LogP contribution in [0.5, 0.6) is 5.75 Å². The normalized spacial score (nSPS) is 14.5. The number of aromatic nitrogens is 2. The molecule has 1 fully saturated rings. The van der Waals surface area contributed by atoms with Gasteiger partial charge in [-0.1, -0.05) is 30.3 Å². The maximum Gasteiger partial charge on any atom is 0.270 e. The Morgan fingerprint density at radius 3 is 2.47 bits per heavy atom. The van der Waals surface area contributed by atoms with Gasteiger partial charge in [0.05, 0.1) is 24.5 Å². The molecule has 2 aromatic carbocycles. The highest BCUT2D eigenvalue weighted by Gasteiger charge is 2.29. The van der Waals surface area contributed by atoms with Crippen LogP contribution < -0.4 is 10.1 Å². The minimum atomic E-state index is -0.112. The Hall–Kier alpha value is -3.12. The molecule has 3 aromatic rings. The third-order valence-electron chi connectivity index (χ3n) is 5.54.